The van der Waals surface area contributed by atoms with Crippen molar-refractivity contribution in [3.8, 4) is 0 Å². The Kier molecular flexibility index (Phi) is 5.98. The number of nitrogens with one attached hydrogen (secondary N) is 1. The first-order valence-electron chi connectivity index (χ1n) is 10.8. The van der Waals surface area contributed by atoms with E-state index in [-0.39, 0.29) is 17.9 Å². The Morgan fingerprint density at radius 2 is 1.72 bits per heavy atom. The quantitative estimate of drug-likeness (QED) is 0.846. The number of fused-ring (bicyclic) bond motifs is 1. The number of rotatable bonds is 4. The maximum absolute atomic E-state index is 12.8. The lowest BCUT2D eigenvalue weighted by Crippen LogP contribution is -2.37. The topological polar surface area (TPSA) is 49.4 Å². The first-order chi connectivity index (χ1) is 14.1. The maximum atomic E-state index is 12.8. The normalized spacial score (nSPS) is 19.5. The molecule has 4 nitrogen and oxygen atoms in total. The van der Waals surface area contributed by atoms with Crippen molar-refractivity contribution >= 4 is 11.8 Å². The highest BCUT2D eigenvalue weighted by atomic mass is 16.2. The second-order valence-corrected chi connectivity index (χ2v) is 8.47. The molecule has 4 heteroatoms. The highest BCUT2D eigenvalue weighted by Crippen LogP contribution is 2.29. The Morgan fingerprint density at radius 1 is 1.00 bits per heavy atom. The van der Waals surface area contributed by atoms with Gasteiger partial charge in [-0.3, -0.25) is 9.59 Å². The fourth-order valence-electron chi connectivity index (χ4n) is 4.72. The van der Waals surface area contributed by atoms with Crippen molar-refractivity contribution < 1.29 is 9.59 Å². The van der Waals surface area contributed by atoms with Gasteiger partial charge in [-0.05, 0) is 73.3 Å². The lowest BCUT2D eigenvalue weighted by molar-refractivity contribution is -0.130. The minimum Gasteiger partial charge on any atom is -0.345 e. The van der Waals surface area contributed by atoms with Crippen molar-refractivity contribution in [2.24, 2.45) is 5.92 Å². The zero-order chi connectivity index (χ0) is 20.2. The first kappa shape index (κ1) is 19.7. The molecule has 29 heavy (non-hydrogen) atoms. The van der Waals surface area contributed by atoms with Gasteiger partial charge in [-0.1, -0.05) is 36.4 Å². The fourth-order valence-corrected chi connectivity index (χ4v) is 4.72. The summed E-state index contributed by atoms with van der Waals surface area (Å²) in [5, 5.41) is 3.23. The summed E-state index contributed by atoms with van der Waals surface area (Å²) in [5.41, 5.74) is 4.62. The summed E-state index contributed by atoms with van der Waals surface area (Å²) in [7, 11) is 0. The molecule has 152 valence electrons. The Balaban J connectivity index is 1.34. The number of piperidine rings is 1. The molecule has 2 amide bonds. The number of hydrogen-bond donors (Lipinski definition) is 1. The summed E-state index contributed by atoms with van der Waals surface area (Å²) in [4.78, 5) is 26.2. The van der Waals surface area contributed by atoms with Crippen molar-refractivity contribution in [1.82, 2.24) is 10.2 Å². The predicted molar refractivity (Wildman–Crippen MR) is 115 cm³/mol. The second-order valence-electron chi connectivity index (χ2n) is 8.47. The number of benzene rings is 2. The average Bonchev–Trinajstić information content (AvgIpc) is 2.75. The highest BCUT2D eigenvalue weighted by molar-refractivity contribution is 5.94. The molecule has 1 aliphatic carbocycles. The van der Waals surface area contributed by atoms with E-state index in [1.54, 1.807) is 6.92 Å². The molecule has 1 fully saturated rings. The van der Waals surface area contributed by atoms with Gasteiger partial charge in [0.15, 0.2) is 0 Å². The van der Waals surface area contributed by atoms with Gasteiger partial charge in [-0.15, -0.1) is 0 Å². The molecule has 1 atom stereocenters. The molecule has 2 aromatic rings. The lowest BCUT2D eigenvalue weighted by Gasteiger charge is -2.31. The molecule has 2 aliphatic rings. The lowest BCUT2D eigenvalue weighted by atomic mass is 9.87. The minimum atomic E-state index is 0.00743. The van der Waals surface area contributed by atoms with Crippen LogP contribution in [0.2, 0.25) is 0 Å². The van der Waals surface area contributed by atoms with Gasteiger partial charge >= 0.3 is 0 Å². The highest BCUT2D eigenvalue weighted by Gasteiger charge is 2.23. The monoisotopic (exact) mass is 390 g/mol. The Labute approximate surface area is 173 Å². The number of amides is 2. The molecule has 0 bridgehead atoms. The second kappa shape index (κ2) is 8.81. The van der Waals surface area contributed by atoms with Gasteiger partial charge in [0.25, 0.3) is 5.91 Å². The van der Waals surface area contributed by atoms with Crippen LogP contribution >= 0.6 is 0 Å². The number of hydrogen-bond acceptors (Lipinski definition) is 2. The van der Waals surface area contributed by atoms with Crippen LogP contribution in [-0.2, 0) is 17.6 Å². The van der Waals surface area contributed by atoms with Gasteiger partial charge in [-0.2, -0.15) is 0 Å². The molecule has 4 rings (SSSR count). The van der Waals surface area contributed by atoms with Crippen LogP contribution in [0.25, 0.3) is 0 Å². The Bertz CT molecular complexity index is 867. The third-order valence-electron chi connectivity index (χ3n) is 6.48. The molecule has 1 heterocycles. The van der Waals surface area contributed by atoms with Gasteiger partial charge in [-0.25, -0.2) is 0 Å². The summed E-state index contributed by atoms with van der Waals surface area (Å²) in [6.45, 7) is 3.38. The zero-order valence-electron chi connectivity index (χ0n) is 17.2. The van der Waals surface area contributed by atoms with E-state index in [0.29, 0.717) is 5.92 Å². The molecular formula is C25H30N2O2. The molecule has 2 aromatic carbocycles. The van der Waals surface area contributed by atoms with Gasteiger partial charge in [0.1, 0.15) is 0 Å². The molecular weight excluding hydrogens is 360 g/mol. The Hall–Kier alpha value is -2.62. The van der Waals surface area contributed by atoms with Crippen LogP contribution in [0.15, 0.2) is 48.5 Å². The van der Waals surface area contributed by atoms with Gasteiger partial charge in [0.2, 0.25) is 5.91 Å². The zero-order valence-corrected chi connectivity index (χ0v) is 17.2. The largest absolute Gasteiger partial charge is 0.345 e. The van der Waals surface area contributed by atoms with Crippen LogP contribution in [0.3, 0.4) is 0 Å². The van der Waals surface area contributed by atoms with E-state index < -0.39 is 0 Å². The number of carbonyl (C=O) groups is 2. The van der Waals surface area contributed by atoms with Crippen LogP contribution in [0.1, 0.15) is 65.7 Å². The predicted octanol–water partition coefficient (Wildman–Crippen LogP) is 4.30. The van der Waals surface area contributed by atoms with E-state index in [2.05, 4.69) is 41.7 Å². The molecule has 1 aliphatic heterocycles. The molecule has 1 saturated heterocycles. The van der Waals surface area contributed by atoms with Gasteiger partial charge in [0, 0.05) is 25.6 Å². The summed E-state index contributed by atoms with van der Waals surface area (Å²) in [6, 6.07) is 16.6. The molecule has 0 aromatic heterocycles. The minimum absolute atomic E-state index is 0.00743. The van der Waals surface area contributed by atoms with Crippen LogP contribution in [0.4, 0.5) is 0 Å². The number of likely N-dealkylation sites (tertiary alicyclic amines) is 1. The van der Waals surface area contributed by atoms with E-state index in [4.69, 9.17) is 0 Å². The fraction of sp³-hybridized carbons (Fsp3) is 0.440. The van der Waals surface area contributed by atoms with E-state index in [1.807, 2.05) is 17.0 Å². The smallest absolute Gasteiger partial charge is 0.251 e. The molecule has 0 saturated carbocycles. The third kappa shape index (κ3) is 4.69. The van der Waals surface area contributed by atoms with E-state index in [0.717, 1.165) is 57.2 Å². The van der Waals surface area contributed by atoms with Crippen molar-refractivity contribution in [1.29, 1.82) is 0 Å². The molecule has 1 N–H and O–H groups in total. The van der Waals surface area contributed by atoms with E-state index in [1.165, 1.54) is 16.7 Å². The van der Waals surface area contributed by atoms with E-state index >= 15 is 0 Å². The summed E-state index contributed by atoms with van der Waals surface area (Å²) in [5.74, 6) is 0.802. The van der Waals surface area contributed by atoms with Crippen LogP contribution in [0.5, 0.6) is 0 Å². The molecule has 0 spiro atoms. The van der Waals surface area contributed by atoms with Gasteiger partial charge in [0.05, 0.1) is 6.04 Å². The Morgan fingerprint density at radius 3 is 2.45 bits per heavy atom. The summed E-state index contributed by atoms with van der Waals surface area (Å²) >= 11 is 0. The third-order valence-corrected chi connectivity index (χ3v) is 6.48. The number of carbonyl (C=O) groups excluding carboxylic acids is 2. The van der Waals surface area contributed by atoms with Crippen molar-refractivity contribution in [3.63, 3.8) is 0 Å². The SMILES string of the molecule is CC(=O)N1CCC(Cc2ccc(C(=O)NC3CCCc4ccccc43)cc2)CC1. The van der Waals surface area contributed by atoms with Crippen LogP contribution in [-0.4, -0.2) is 29.8 Å². The number of nitrogens with zero attached hydrogens (tertiary/aromatic N) is 1. The average molecular weight is 391 g/mol. The van der Waals surface area contributed by atoms with Crippen molar-refractivity contribution in [2.45, 2.75) is 51.5 Å². The van der Waals surface area contributed by atoms with E-state index in [9.17, 15) is 9.59 Å². The summed E-state index contributed by atoms with van der Waals surface area (Å²) < 4.78 is 0. The maximum Gasteiger partial charge on any atom is 0.251 e. The number of aryl methyl sites for hydroxylation is 1. The summed E-state index contributed by atoms with van der Waals surface area (Å²) in [6.07, 6.45) is 6.35. The molecule has 1 unspecified atom stereocenters. The van der Waals surface area contributed by atoms with Crippen LogP contribution in [0, 0.1) is 5.92 Å². The van der Waals surface area contributed by atoms with Crippen molar-refractivity contribution in [2.75, 3.05) is 13.1 Å². The molecule has 0 radical (unpaired) electrons. The van der Waals surface area contributed by atoms with Crippen molar-refractivity contribution in [3.05, 3.63) is 70.8 Å². The first-order valence-corrected chi connectivity index (χ1v) is 10.8. The van der Waals surface area contributed by atoms with Crippen LogP contribution < -0.4 is 5.32 Å². The van der Waals surface area contributed by atoms with Gasteiger partial charge < -0.3 is 10.2 Å². The standard InChI is InChI=1S/C25H30N2O2/c1-18(28)27-15-13-20(14-16-27)17-19-9-11-22(12-10-19)25(29)26-24-8-4-6-21-5-2-3-7-23(21)24/h2-3,5,7,9-12,20,24H,4,6,8,13-17H2,1H3,(H,26,29).